The molecule has 0 bridgehead atoms. The third kappa shape index (κ3) is 5.03. The monoisotopic (exact) mass is 295 g/mol. The molecule has 1 N–H and O–H groups in total. The largest absolute Gasteiger partial charge is 0.353 e. The van der Waals surface area contributed by atoms with Crippen molar-refractivity contribution in [3.8, 4) is 0 Å². The van der Waals surface area contributed by atoms with E-state index in [-0.39, 0.29) is 11.9 Å². The second-order valence-electron chi connectivity index (χ2n) is 6.10. The topological polar surface area (TPSA) is 29.1 Å². The smallest absolute Gasteiger partial charge is 0.224 e. The fourth-order valence-electron chi connectivity index (χ4n) is 2.64. The minimum atomic E-state index is 0.104. The number of rotatable bonds is 6. The summed E-state index contributed by atoms with van der Waals surface area (Å²) in [5.41, 5.74) is 4.85. The van der Waals surface area contributed by atoms with E-state index in [4.69, 9.17) is 0 Å². The van der Waals surface area contributed by atoms with Crippen molar-refractivity contribution < 1.29 is 4.79 Å². The molecule has 0 aliphatic rings. The zero-order valence-corrected chi connectivity index (χ0v) is 13.7. The van der Waals surface area contributed by atoms with E-state index >= 15 is 0 Å². The molecule has 0 heterocycles. The summed E-state index contributed by atoms with van der Waals surface area (Å²) in [5.74, 6) is 0.104. The number of carbonyl (C=O) groups excluding carboxylic acids is 1. The lowest BCUT2D eigenvalue weighted by Crippen LogP contribution is -2.34. The second-order valence-corrected chi connectivity index (χ2v) is 6.10. The Labute approximate surface area is 133 Å². The van der Waals surface area contributed by atoms with Crippen LogP contribution in [0.1, 0.15) is 35.6 Å². The molecule has 0 radical (unpaired) electrons. The van der Waals surface area contributed by atoms with Crippen LogP contribution in [0.15, 0.2) is 48.5 Å². The summed E-state index contributed by atoms with van der Waals surface area (Å²) in [4.78, 5) is 12.2. The van der Waals surface area contributed by atoms with Crippen LogP contribution in [0.3, 0.4) is 0 Å². The Morgan fingerprint density at radius 1 is 1.09 bits per heavy atom. The molecule has 2 nitrogen and oxygen atoms in total. The maximum atomic E-state index is 12.2. The van der Waals surface area contributed by atoms with Crippen LogP contribution in [0.25, 0.3) is 0 Å². The highest BCUT2D eigenvalue weighted by molar-refractivity contribution is 5.79. The Morgan fingerprint density at radius 3 is 2.50 bits per heavy atom. The Balaban J connectivity index is 1.81. The molecule has 1 amide bonds. The normalized spacial score (nSPS) is 12.0. The first-order chi connectivity index (χ1) is 10.5. The first-order valence-electron chi connectivity index (χ1n) is 7.94. The maximum Gasteiger partial charge on any atom is 0.224 e. The SMILES string of the molecule is Cc1ccc(CC(=O)N[C@H](C)CCc2ccccc2)c(C)c1. The molecular formula is C20H25NO. The Morgan fingerprint density at radius 2 is 1.82 bits per heavy atom. The first-order valence-corrected chi connectivity index (χ1v) is 7.94. The molecule has 2 aromatic carbocycles. The Bertz CT molecular complexity index is 619. The highest BCUT2D eigenvalue weighted by atomic mass is 16.1. The molecule has 0 spiro atoms. The Kier molecular flexibility index (Phi) is 5.76. The van der Waals surface area contributed by atoms with Crippen molar-refractivity contribution in [3.05, 3.63) is 70.8 Å². The van der Waals surface area contributed by atoms with E-state index in [9.17, 15) is 4.79 Å². The maximum absolute atomic E-state index is 12.2. The van der Waals surface area contributed by atoms with Gasteiger partial charge in [-0.05, 0) is 50.3 Å². The lowest BCUT2D eigenvalue weighted by Gasteiger charge is -2.15. The number of hydrogen-bond acceptors (Lipinski definition) is 1. The van der Waals surface area contributed by atoms with Gasteiger partial charge in [-0.15, -0.1) is 0 Å². The number of carbonyl (C=O) groups is 1. The molecule has 2 heteroatoms. The van der Waals surface area contributed by atoms with E-state index in [1.807, 2.05) is 6.07 Å². The number of benzene rings is 2. The van der Waals surface area contributed by atoms with Crippen molar-refractivity contribution in [1.29, 1.82) is 0 Å². The van der Waals surface area contributed by atoms with Crippen molar-refractivity contribution in [2.45, 2.75) is 46.1 Å². The van der Waals surface area contributed by atoms with Gasteiger partial charge in [0.1, 0.15) is 0 Å². The van der Waals surface area contributed by atoms with Crippen molar-refractivity contribution >= 4 is 5.91 Å². The lowest BCUT2D eigenvalue weighted by atomic mass is 10.0. The van der Waals surface area contributed by atoms with Crippen LogP contribution < -0.4 is 5.32 Å². The average molecular weight is 295 g/mol. The Hall–Kier alpha value is -2.09. The van der Waals surface area contributed by atoms with Crippen LogP contribution in [-0.2, 0) is 17.6 Å². The highest BCUT2D eigenvalue weighted by Crippen LogP contribution is 2.11. The van der Waals surface area contributed by atoms with Gasteiger partial charge in [0.2, 0.25) is 5.91 Å². The highest BCUT2D eigenvalue weighted by Gasteiger charge is 2.10. The fourth-order valence-corrected chi connectivity index (χ4v) is 2.64. The zero-order chi connectivity index (χ0) is 15.9. The summed E-state index contributed by atoms with van der Waals surface area (Å²) in [6.07, 6.45) is 2.41. The van der Waals surface area contributed by atoms with Gasteiger partial charge >= 0.3 is 0 Å². The number of aryl methyl sites for hydroxylation is 3. The van der Waals surface area contributed by atoms with Gasteiger partial charge in [0, 0.05) is 6.04 Å². The summed E-state index contributed by atoms with van der Waals surface area (Å²) < 4.78 is 0. The minimum absolute atomic E-state index is 0.104. The standard InChI is InChI=1S/C20H25NO/c1-15-9-12-19(16(2)13-15)14-20(22)21-17(3)10-11-18-7-5-4-6-8-18/h4-9,12-13,17H,10-11,14H2,1-3H3,(H,21,22)/t17-/m1/s1. The summed E-state index contributed by atoms with van der Waals surface area (Å²) in [6.45, 7) is 6.21. The van der Waals surface area contributed by atoms with E-state index in [1.165, 1.54) is 16.7 Å². The molecule has 0 unspecified atom stereocenters. The van der Waals surface area contributed by atoms with E-state index in [0.717, 1.165) is 18.4 Å². The van der Waals surface area contributed by atoms with Gasteiger partial charge in [-0.3, -0.25) is 4.79 Å². The second kappa shape index (κ2) is 7.79. The van der Waals surface area contributed by atoms with Gasteiger partial charge in [0.25, 0.3) is 0 Å². The van der Waals surface area contributed by atoms with Gasteiger partial charge in [0.05, 0.1) is 6.42 Å². The number of hydrogen-bond donors (Lipinski definition) is 1. The molecule has 116 valence electrons. The number of amides is 1. The van der Waals surface area contributed by atoms with Gasteiger partial charge in [0.15, 0.2) is 0 Å². The van der Waals surface area contributed by atoms with E-state index < -0.39 is 0 Å². The molecule has 22 heavy (non-hydrogen) atoms. The quantitative estimate of drug-likeness (QED) is 0.858. The molecule has 2 aromatic rings. The zero-order valence-electron chi connectivity index (χ0n) is 13.7. The van der Waals surface area contributed by atoms with Crippen molar-refractivity contribution in [1.82, 2.24) is 5.32 Å². The third-order valence-corrected chi connectivity index (χ3v) is 3.97. The molecule has 0 aromatic heterocycles. The predicted octanol–water partition coefficient (Wildman–Crippen LogP) is 3.98. The molecule has 0 saturated heterocycles. The van der Waals surface area contributed by atoms with Gasteiger partial charge in [-0.2, -0.15) is 0 Å². The van der Waals surface area contributed by atoms with Crippen LogP contribution in [0.5, 0.6) is 0 Å². The summed E-state index contributed by atoms with van der Waals surface area (Å²) >= 11 is 0. The van der Waals surface area contributed by atoms with Crippen LogP contribution >= 0.6 is 0 Å². The van der Waals surface area contributed by atoms with Crippen LogP contribution in [0.4, 0.5) is 0 Å². The van der Waals surface area contributed by atoms with Gasteiger partial charge < -0.3 is 5.32 Å². The average Bonchev–Trinajstić information content (AvgIpc) is 2.49. The van der Waals surface area contributed by atoms with Crippen molar-refractivity contribution in [2.24, 2.45) is 0 Å². The fraction of sp³-hybridized carbons (Fsp3) is 0.350. The van der Waals surface area contributed by atoms with Crippen LogP contribution in [0.2, 0.25) is 0 Å². The molecule has 0 fully saturated rings. The van der Waals surface area contributed by atoms with Crippen molar-refractivity contribution in [3.63, 3.8) is 0 Å². The molecule has 2 rings (SSSR count). The lowest BCUT2D eigenvalue weighted by molar-refractivity contribution is -0.121. The van der Waals surface area contributed by atoms with Crippen LogP contribution in [-0.4, -0.2) is 11.9 Å². The van der Waals surface area contributed by atoms with E-state index in [2.05, 4.69) is 68.6 Å². The molecule has 0 aliphatic carbocycles. The number of nitrogens with one attached hydrogen (secondary N) is 1. The van der Waals surface area contributed by atoms with Crippen molar-refractivity contribution in [2.75, 3.05) is 0 Å². The summed E-state index contributed by atoms with van der Waals surface area (Å²) in [6, 6.07) is 16.8. The molecular weight excluding hydrogens is 270 g/mol. The van der Waals surface area contributed by atoms with Crippen LogP contribution in [0, 0.1) is 13.8 Å². The summed E-state index contributed by atoms with van der Waals surface area (Å²) in [7, 11) is 0. The molecule has 0 saturated carbocycles. The molecule has 0 aliphatic heterocycles. The third-order valence-electron chi connectivity index (χ3n) is 3.97. The molecule has 1 atom stereocenters. The predicted molar refractivity (Wildman–Crippen MR) is 92.0 cm³/mol. The minimum Gasteiger partial charge on any atom is -0.353 e. The van der Waals surface area contributed by atoms with E-state index in [1.54, 1.807) is 0 Å². The summed E-state index contributed by atoms with van der Waals surface area (Å²) in [5, 5.41) is 3.10. The first kappa shape index (κ1) is 16.3. The van der Waals surface area contributed by atoms with E-state index in [0.29, 0.717) is 6.42 Å². The van der Waals surface area contributed by atoms with Gasteiger partial charge in [-0.1, -0.05) is 54.1 Å². The van der Waals surface area contributed by atoms with Gasteiger partial charge in [-0.25, -0.2) is 0 Å².